The lowest BCUT2D eigenvalue weighted by atomic mass is 9.90. The van der Waals surface area contributed by atoms with Crippen LogP contribution in [0.2, 0.25) is 0 Å². The molecule has 23 heavy (non-hydrogen) atoms. The van der Waals surface area contributed by atoms with Crippen LogP contribution >= 0.6 is 0 Å². The predicted octanol–water partition coefficient (Wildman–Crippen LogP) is 5.47. The van der Waals surface area contributed by atoms with Gasteiger partial charge in [0.2, 0.25) is 6.33 Å². The Hall–Kier alpha value is -1.57. The molecule has 0 radical (unpaired) electrons. The Morgan fingerprint density at radius 1 is 1.00 bits per heavy atom. The molecule has 0 aliphatic heterocycles. The van der Waals surface area contributed by atoms with Gasteiger partial charge in [-0.25, -0.2) is 4.57 Å². The van der Waals surface area contributed by atoms with Crippen molar-refractivity contribution in [2.24, 2.45) is 5.92 Å². The summed E-state index contributed by atoms with van der Waals surface area (Å²) < 4.78 is 2.37. The van der Waals surface area contributed by atoms with E-state index in [1.165, 1.54) is 50.5 Å². The van der Waals surface area contributed by atoms with E-state index in [9.17, 15) is 0 Å². The van der Waals surface area contributed by atoms with Crippen LogP contribution < -0.4 is 4.57 Å². The molecule has 1 aromatic heterocycles. The summed E-state index contributed by atoms with van der Waals surface area (Å²) in [5.74, 6) is 0.647. The molecular weight excluding hydrogens is 280 g/mol. The first-order chi connectivity index (χ1) is 11.3. The summed E-state index contributed by atoms with van der Waals surface area (Å²) in [7, 11) is 0. The largest absolute Gasteiger partial charge is 0.250 e. The summed E-state index contributed by atoms with van der Waals surface area (Å²) >= 11 is 0. The number of unbranched alkanes of at least 4 members (excludes halogenated alkanes) is 5. The number of nitrogens with zero attached hydrogens (tertiary/aromatic N) is 1. The third kappa shape index (κ3) is 6.21. The molecule has 2 unspecified atom stereocenters. The molecule has 2 rings (SSSR count). The van der Waals surface area contributed by atoms with E-state index in [2.05, 4.69) is 66.3 Å². The minimum Gasteiger partial charge on any atom is -0.250 e. The van der Waals surface area contributed by atoms with Crippen LogP contribution in [0.1, 0.15) is 70.4 Å². The second-order valence-electron chi connectivity index (χ2n) is 6.85. The van der Waals surface area contributed by atoms with E-state index in [-0.39, 0.29) is 0 Å². The maximum atomic E-state index is 3.21. The molecule has 126 valence electrons. The van der Waals surface area contributed by atoms with Crippen LogP contribution in [0.4, 0.5) is 0 Å². The van der Waals surface area contributed by atoms with Crippen LogP contribution in [0.15, 0.2) is 49.1 Å². The second-order valence-corrected chi connectivity index (χ2v) is 6.85. The number of benzene rings is 1. The average Bonchev–Trinajstić information content (AvgIpc) is 3.09. The first-order valence-corrected chi connectivity index (χ1v) is 9.38. The van der Waals surface area contributed by atoms with E-state index in [1.807, 2.05) is 6.20 Å². The van der Waals surface area contributed by atoms with Gasteiger partial charge in [0.05, 0.1) is 0 Å². The second kappa shape index (κ2) is 10.3. The number of aromatic nitrogens is 2. The molecule has 1 aromatic carbocycles. The number of rotatable bonds is 11. The van der Waals surface area contributed by atoms with Crippen molar-refractivity contribution in [3.05, 3.63) is 54.6 Å². The zero-order valence-electron chi connectivity index (χ0n) is 14.9. The van der Waals surface area contributed by atoms with E-state index >= 15 is 0 Å². The summed E-state index contributed by atoms with van der Waals surface area (Å²) in [5, 5.41) is 0. The Bertz CT molecular complexity index is 504. The van der Waals surface area contributed by atoms with Crippen molar-refractivity contribution < 1.29 is 4.57 Å². The normalized spacial score (nSPS) is 13.8. The quantitative estimate of drug-likeness (QED) is 0.419. The molecule has 1 N–H and O–H groups in total. The van der Waals surface area contributed by atoms with Crippen LogP contribution in [0, 0.1) is 5.92 Å². The zero-order valence-corrected chi connectivity index (χ0v) is 14.9. The van der Waals surface area contributed by atoms with Crippen LogP contribution in [-0.4, -0.2) is 4.98 Å². The highest BCUT2D eigenvalue weighted by molar-refractivity contribution is 5.15. The molecule has 0 bridgehead atoms. The summed E-state index contributed by atoms with van der Waals surface area (Å²) in [6.07, 6.45) is 17.0. The number of imidazole rings is 1. The van der Waals surface area contributed by atoms with Crippen molar-refractivity contribution in [2.75, 3.05) is 0 Å². The van der Waals surface area contributed by atoms with Gasteiger partial charge in [-0.2, -0.15) is 0 Å². The van der Waals surface area contributed by atoms with Gasteiger partial charge in [-0.3, -0.25) is 4.98 Å². The van der Waals surface area contributed by atoms with Crippen molar-refractivity contribution in [3.63, 3.8) is 0 Å². The minimum atomic E-state index is 0.590. The van der Waals surface area contributed by atoms with Gasteiger partial charge < -0.3 is 0 Å². The first kappa shape index (κ1) is 17.8. The van der Waals surface area contributed by atoms with Crippen molar-refractivity contribution in [3.8, 4) is 0 Å². The van der Waals surface area contributed by atoms with Gasteiger partial charge >= 0.3 is 0 Å². The highest BCUT2D eigenvalue weighted by atomic mass is 15.1. The van der Waals surface area contributed by atoms with Gasteiger partial charge in [-0.1, -0.05) is 76.3 Å². The van der Waals surface area contributed by atoms with Gasteiger partial charge in [0.15, 0.2) is 0 Å². The molecule has 0 amide bonds. The maximum Gasteiger partial charge on any atom is 0.241 e. The highest BCUT2D eigenvalue weighted by Gasteiger charge is 2.22. The monoisotopic (exact) mass is 313 g/mol. The lowest BCUT2D eigenvalue weighted by molar-refractivity contribution is -0.729. The SMILES string of the molecule is CCCCCCCCC(C(C)Cc1ccccc1)[n+]1cc[nH]c1. The van der Waals surface area contributed by atoms with Crippen molar-refractivity contribution >= 4 is 0 Å². The Labute approximate surface area is 142 Å². The maximum absolute atomic E-state index is 3.21. The summed E-state index contributed by atoms with van der Waals surface area (Å²) in [4.78, 5) is 3.21. The van der Waals surface area contributed by atoms with Crippen molar-refractivity contribution in [2.45, 2.75) is 71.3 Å². The fourth-order valence-corrected chi connectivity index (χ4v) is 3.49. The van der Waals surface area contributed by atoms with Crippen molar-refractivity contribution in [1.29, 1.82) is 0 Å². The third-order valence-electron chi connectivity index (χ3n) is 4.86. The average molecular weight is 314 g/mol. The van der Waals surface area contributed by atoms with Crippen LogP contribution in [0.25, 0.3) is 0 Å². The van der Waals surface area contributed by atoms with E-state index in [4.69, 9.17) is 0 Å². The zero-order chi connectivity index (χ0) is 16.3. The molecule has 2 nitrogen and oxygen atoms in total. The summed E-state index contributed by atoms with van der Waals surface area (Å²) in [5.41, 5.74) is 1.45. The van der Waals surface area contributed by atoms with Gasteiger partial charge in [0.25, 0.3) is 0 Å². The Balaban J connectivity index is 1.87. The van der Waals surface area contributed by atoms with E-state index in [0.29, 0.717) is 12.0 Å². The smallest absolute Gasteiger partial charge is 0.241 e. The minimum absolute atomic E-state index is 0.590. The lowest BCUT2D eigenvalue weighted by Crippen LogP contribution is -2.41. The number of hydrogen-bond acceptors (Lipinski definition) is 0. The molecule has 0 aliphatic rings. The molecule has 2 atom stereocenters. The highest BCUT2D eigenvalue weighted by Crippen LogP contribution is 2.23. The van der Waals surface area contributed by atoms with Gasteiger partial charge in [0, 0.05) is 5.92 Å². The Morgan fingerprint density at radius 3 is 2.43 bits per heavy atom. The molecule has 2 aromatic rings. The Morgan fingerprint density at radius 2 is 1.74 bits per heavy atom. The molecule has 0 fully saturated rings. The van der Waals surface area contributed by atoms with Crippen LogP contribution in [0.5, 0.6) is 0 Å². The lowest BCUT2D eigenvalue weighted by Gasteiger charge is -2.21. The van der Waals surface area contributed by atoms with Crippen LogP contribution in [-0.2, 0) is 6.42 Å². The van der Waals surface area contributed by atoms with E-state index in [0.717, 1.165) is 6.42 Å². The van der Waals surface area contributed by atoms with Crippen molar-refractivity contribution in [1.82, 2.24) is 4.98 Å². The molecule has 2 heteroatoms. The topological polar surface area (TPSA) is 19.7 Å². The molecule has 0 saturated carbocycles. The van der Waals surface area contributed by atoms with E-state index in [1.54, 1.807) is 0 Å². The number of H-pyrrole nitrogens is 1. The van der Waals surface area contributed by atoms with Gasteiger partial charge in [-0.15, -0.1) is 0 Å². The third-order valence-corrected chi connectivity index (χ3v) is 4.86. The van der Waals surface area contributed by atoms with E-state index < -0.39 is 0 Å². The number of hydrogen-bond donors (Lipinski definition) is 1. The van der Waals surface area contributed by atoms with Crippen LogP contribution in [0.3, 0.4) is 0 Å². The van der Waals surface area contributed by atoms with Gasteiger partial charge in [-0.05, 0) is 24.8 Å². The summed E-state index contributed by atoms with van der Waals surface area (Å²) in [6.45, 7) is 4.68. The molecular formula is C21H33N2+. The van der Waals surface area contributed by atoms with Gasteiger partial charge in [0.1, 0.15) is 18.4 Å². The number of aromatic amines is 1. The fraction of sp³-hybridized carbons (Fsp3) is 0.571. The molecule has 0 saturated heterocycles. The molecule has 0 spiro atoms. The first-order valence-electron chi connectivity index (χ1n) is 9.38. The Kier molecular flexibility index (Phi) is 7.92. The number of nitrogens with one attached hydrogen (secondary N) is 1. The molecule has 0 aliphatic carbocycles. The molecule has 1 heterocycles. The summed E-state index contributed by atoms with van der Waals surface area (Å²) in [6, 6.07) is 11.5. The fourth-order valence-electron chi connectivity index (χ4n) is 3.49. The predicted molar refractivity (Wildman–Crippen MR) is 97.3 cm³/mol. The standard InChI is InChI=1S/C21H32N2/c1-3-4-5-6-7-11-14-21(23-16-15-22-18-23)19(2)17-20-12-9-8-10-13-20/h8-10,12-13,15-16,18-19,21H,3-7,11,14,17H2,1-2H3/p+1.